The van der Waals surface area contributed by atoms with Gasteiger partial charge >= 0.3 is 0 Å². The number of carbonyl (C=O) groups excluding carboxylic acids is 2. The summed E-state index contributed by atoms with van der Waals surface area (Å²) >= 11 is 6.04. The van der Waals surface area contributed by atoms with Crippen molar-refractivity contribution in [2.24, 2.45) is 0 Å². The van der Waals surface area contributed by atoms with Gasteiger partial charge in [0.2, 0.25) is 0 Å². The number of aromatic nitrogens is 1. The molecule has 0 aliphatic rings. The summed E-state index contributed by atoms with van der Waals surface area (Å²) < 4.78 is 0. The van der Waals surface area contributed by atoms with Crippen LogP contribution in [0.5, 0.6) is 0 Å². The first kappa shape index (κ1) is 17.0. The van der Waals surface area contributed by atoms with E-state index < -0.39 is 5.91 Å². The van der Waals surface area contributed by atoms with Crippen LogP contribution in [0, 0.1) is 6.92 Å². The number of benzene rings is 1. The van der Waals surface area contributed by atoms with E-state index in [0.717, 1.165) is 5.56 Å². The van der Waals surface area contributed by atoms with Crippen molar-refractivity contribution in [3.63, 3.8) is 0 Å². The van der Waals surface area contributed by atoms with Gasteiger partial charge in [-0.25, -0.2) is 4.98 Å². The molecule has 0 aliphatic heterocycles. The van der Waals surface area contributed by atoms with Gasteiger partial charge in [0.15, 0.2) is 0 Å². The Labute approximate surface area is 140 Å². The minimum Gasteiger partial charge on any atom is -0.349 e. The summed E-state index contributed by atoms with van der Waals surface area (Å²) in [4.78, 5) is 28.4. The Bertz CT molecular complexity index is 744. The van der Waals surface area contributed by atoms with Gasteiger partial charge in [0, 0.05) is 16.8 Å². The molecule has 0 saturated heterocycles. The fourth-order valence-corrected chi connectivity index (χ4v) is 2.13. The number of anilines is 1. The second-order valence-corrected chi connectivity index (χ2v) is 5.81. The van der Waals surface area contributed by atoms with Crippen molar-refractivity contribution < 1.29 is 9.59 Å². The van der Waals surface area contributed by atoms with Crippen LogP contribution < -0.4 is 10.6 Å². The molecule has 1 heterocycles. The van der Waals surface area contributed by atoms with Gasteiger partial charge in [-0.3, -0.25) is 9.59 Å². The summed E-state index contributed by atoms with van der Waals surface area (Å²) in [7, 11) is 0. The van der Waals surface area contributed by atoms with Crippen LogP contribution in [0.4, 0.5) is 5.69 Å². The molecule has 5 nitrogen and oxygen atoms in total. The van der Waals surface area contributed by atoms with E-state index in [0.29, 0.717) is 10.7 Å². The van der Waals surface area contributed by atoms with E-state index in [2.05, 4.69) is 15.6 Å². The van der Waals surface area contributed by atoms with E-state index in [1.807, 2.05) is 20.8 Å². The number of carbonyl (C=O) groups is 2. The van der Waals surface area contributed by atoms with Crippen LogP contribution in [0.2, 0.25) is 5.02 Å². The van der Waals surface area contributed by atoms with Gasteiger partial charge < -0.3 is 10.6 Å². The smallest absolute Gasteiger partial charge is 0.274 e. The summed E-state index contributed by atoms with van der Waals surface area (Å²) in [5.74, 6) is -0.705. The number of halogens is 1. The van der Waals surface area contributed by atoms with Crippen molar-refractivity contribution in [2.75, 3.05) is 5.32 Å². The van der Waals surface area contributed by atoms with Crippen LogP contribution >= 0.6 is 11.6 Å². The average Bonchev–Trinajstić information content (AvgIpc) is 2.51. The van der Waals surface area contributed by atoms with Crippen molar-refractivity contribution in [3.05, 3.63) is 58.4 Å². The largest absolute Gasteiger partial charge is 0.349 e. The monoisotopic (exact) mass is 331 g/mol. The molecule has 1 aromatic heterocycles. The zero-order chi connectivity index (χ0) is 17.0. The van der Waals surface area contributed by atoms with E-state index in [1.165, 1.54) is 0 Å². The lowest BCUT2D eigenvalue weighted by molar-refractivity contribution is 0.0938. The summed E-state index contributed by atoms with van der Waals surface area (Å²) in [6.45, 7) is 5.53. The van der Waals surface area contributed by atoms with E-state index in [4.69, 9.17) is 11.6 Å². The maximum absolute atomic E-state index is 12.3. The molecular formula is C17H18ClN3O2. The van der Waals surface area contributed by atoms with Crippen LogP contribution in [0.1, 0.15) is 40.4 Å². The first-order valence-corrected chi connectivity index (χ1v) is 7.60. The maximum Gasteiger partial charge on any atom is 0.274 e. The van der Waals surface area contributed by atoms with E-state index in [-0.39, 0.29) is 23.3 Å². The Hall–Kier alpha value is -2.40. The lowest BCUT2D eigenvalue weighted by Gasteiger charge is -2.10. The maximum atomic E-state index is 12.3. The molecule has 0 saturated carbocycles. The predicted octanol–water partition coefficient (Wildman–Crippen LogP) is 3.43. The first-order valence-electron chi connectivity index (χ1n) is 7.23. The molecule has 23 heavy (non-hydrogen) atoms. The molecule has 1 aromatic carbocycles. The topological polar surface area (TPSA) is 71.1 Å². The highest BCUT2D eigenvalue weighted by Gasteiger charge is 2.14. The number of pyridine rings is 1. The highest BCUT2D eigenvalue weighted by molar-refractivity contribution is 6.31. The second kappa shape index (κ2) is 7.24. The SMILES string of the molecule is Cc1c(Cl)cccc1NC(=O)c1cccc(C(=O)NC(C)C)n1. The molecule has 6 heteroatoms. The molecule has 0 bridgehead atoms. The molecule has 0 unspecified atom stereocenters. The number of hydrogen-bond acceptors (Lipinski definition) is 3. The van der Waals surface area contributed by atoms with Gasteiger partial charge in [-0.2, -0.15) is 0 Å². The zero-order valence-corrected chi connectivity index (χ0v) is 13.9. The van der Waals surface area contributed by atoms with E-state index in [1.54, 1.807) is 36.4 Å². The number of rotatable bonds is 4. The predicted molar refractivity (Wildman–Crippen MR) is 91.0 cm³/mol. The molecule has 0 fully saturated rings. The van der Waals surface area contributed by atoms with Crippen molar-refractivity contribution in [1.29, 1.82) is 0 Å². The fraction of sp³-hybridized carbons (Fsp3) is 0.235. The molecule has 0 radical (unpaired) electrons. The Morgan fingerprint density at radius 3 is 2.30 bits per heavy atom. The van der Waals surface area contributed by atoms with Crippen molar-refractivity contribution in [3.8, 4) is 0 Å². The van der Waals surface area contributed by atoms with Crippen LogP contribution in [0.15, 0.2) is 36.4 Å². The van der Waals surface area contributed by atoms with Gasteiger partial charge in [-0.15, -0.1) is 0 Å². The first-order chi connectivity index (χ1) is 10.9. The summed E-state index contributed by atoms with van der Waals surface area (Å²) in [5, 5.41) is 6.07. The number of hydrogen-bond donors (Lipinski definition) is 2. The minimum absolute atomic E-state index is 0.00380. The quantitative estimate of drug-likeness (QED) is 0.901. The van der Waals surface area contributed by atoms with Crippen molar-refractivity contribution in [2.45, 2.75) is 26.8 Å². The molecule has 0 atom stereocenters. The standard InChI is InChI=1S/C17H18ClN3O2/c1-10(2)19-16(22)14-8-5-9-15(20-14)17(23)21-13-7-4-6-12(18)11(13)3/h4-10H,1-3H3,(H,19,22)(H,21,23). The molecular weight excluding hydrogens is 314 g/mol. The van der Waals surface area contributed by atoms with Gasteiger partial charge in [0.05, 0.1) is 0 Å². The number of nitrogens with zero attached hydrogens (tertiary/aromatic N) is 1. The Morgan fingerprint density at radius 2 is 1.65 bits per heavy atom. The van der Waals surface area contributed by atoms with Gasteiger partial charge in [0.25, 0.3) is 11.8 Å². The normalized spacial score (nSPS) is 10.5. The Balaban J connectivity index is 2.20. The highest BCUT2D eigenvalue weighted by Crippen LogP contribution is 2.23. The Morgan fingerprint density at radius 1 is 1.04 bits per heavy atom. The molecule has 2 amide bonds. The highest BCUT2D eigenvalue weighted by atomic mass is 35.5. The third kappa shape index (κ3) is 4.29. The number of amides is 2. The summed E-state index contributed by atoms with van der Waals surface area (Å²) in [5.41, 5.74) is 1.76. The third-order valence-corrected chi connectivity index (χ3v) is 3.56. The average molecular weight is 332 g/mol. The van der Waals surface area contributed by atoms with Crippen LogP contribution in [0.3, 0.4) is 0 Å². The number of nitrogens with one attached hydrogen (secondary N) is 2. The molecule has 2 N–H and O–H groups in total. The van der Waals surface area contributed by atoms with Crippen LogP contribution in [-0.4, -0.2) is 22.8 Å². The Kier molecular flexibility index (Phi) is 5.34. The minimum atomic E-state index is -0.394. The van der Waals surface area contributed by atoms with Crippen molar-refractivity contribution >= 4 is 29.1 Å². The molecule has 0 spiro atoms. The fourth-order valence-electron chi connectivity index (χ4n) is 1.95. The van der Waals surface area contributed by atoms with Gasteiger partial charge in [-0.05, 0) is 50.6 Å². The van der Waals surface area contributed by atoms with Crippen LogP contribution in [0.25, 0.3) is 0 Å². The summed E-state index contributed by atoms with van der Waals surface area (Å²) in [6, 6.07) is 10.0. The van der Waals surface area contributed by atoms with Gasteiger partial charge in [0.1, 0.15) is 11.4 Å². The third-order valence-electron chi connectivity index (χ3n) is 3.15. The molecule has 2 rings (SSSR count). The molecule has 2 aromatic rings. The van der Waals surface area contributed by atoms with Gasteiger partial charge in [-0.1, -0.05) is 23.7 Å². The van der Waals surface area contributed by atoms with E-state index >= 15 is 0 Å². The van der Waals surface area contributed by atoms with E-state index in [9.17, 15) is 9.59 Å². The lowest BCUT2D eigenvalue weighted by atomic mass is 10.2. The summed E-state index contributed by atoms with van der Waals surface area (Å²) in [6.07, 6.45) is 0. The zero-order valence-electron chi connectivity index (χ0n) is 13.2. The molecule has 0 aliphatic carbocycles. The lowest BCUT2D eigenvalue weighted by Crippen LogP contribution is -2.31. The molecule has 120 valence electrons. The van der Waals surface area contributed by atoms with Crippen molar-refractivity contribution in [1.82, 2.24) is 10.3 Å². The second-order valence-electron chi connectivity index (χ2n) is 5.40. The van der Waals surface area contributed by atoms with Crippen LogP contribution in [-0.2, 0) is 0 Å².